The number of halogens is 1. The van der Waals surface area contributed by atoms with Gasteiger partial charge in [-0.05, 0) is 42.3 Å². The highest BCUT2D eigenvalue weighted by Crippen LogP contribution is 2.14. The molecule has 0 saturated heterocycles. The molecule has 0 aromatic heterocycles. The Labute approximate surface area is 136 Å². The molecular formula is C17H19FN2O2. The summed E-state index contributed by atoms with van der Waals surface area (Å²) in [6.07, 6.45) is 0. The predicted molar refractivity (Wildman–Crippen MR) is 82.7 cm³/mol. The van der Waals surface area contributed by atoms with E-state index in [-0.39, 0.29) is 16.9 Å². The average molecular weight is 307 g/mol. The average Bonchev–Trinajstić information content (AvgIpc) is 2.54. The zero-order chi connectivity index (χ0) is 20.5. The fourth-order valence-electron chi connectivity index (χ4n) is 1.50. The van der Waals surface area contributed by atoms with Crippen molar-refractivity contribution in [3.63, 3.8) is 0 Å². The van der Waals surface area contributed by atoms with Crippen molar-refractivity contribution >= 4 is 5.91 Å². The molecular weight excluding hydrogens is 283 g/mol. The van der Waals surface area contributed by atoms with Gasteiger partial charge in [-0.1, -0.05) is 24.3 Å². The lowest BCUT2D eigenvalue weighted by Gasteiger charge is -2.11. The second-order valence-corrected chi connectivity index (χ2v) is 4.48. The highest BCUT2D eigenvalue weighted by molar-refractivity contribution is 5.79. The fraction of sp³-hybridized carbons (Fsp3) is 0.235. The Kier molecular flexibility index (Phi) is 3.56. The standard InChI is InChI=1S/C17H19FN2O2/c1-12(17(19)21)20-10-13-5-7-16(8-6-13)22-11-14-3-2-4-15(18)9-14/h2-9,12,20H,10-11H2,1H3,(H2,19,21)/t12-/m0/s1/i10D2,11D2,12D. The first-order valence-electron chi connectivity index (χ1n) is 8.98. The van der Waals surface area contributed by atoms with Gasteiger partial charge in [0.2, 0.25) is 5.91 Å². The van der Waals surface area contributed by atoms with Crippen LogP contribution in [0, 0.1) is 5.82 Å². The molecule has 0 heterocycles. The molecule has 0 spiro atoms. The number of carbonyl (C=O) groups is 1. The smallest absolute Gasteiger partial charge is 0.234 e. The quantitative estimate of drug-likeness (QED) is 0.825. The first-order valence-corrected chi connectivity index (χ1v) is 6.48. The van der Waals surface area contributed by atoms with Gasteiger partial charge >= 0.3 is 0 Å². The largest absolute Gasteiger partial charge is 0.489 e. The van der Waals surface area contributed by atoms with Gasteiger partial charge < -0.3 is 15.8 Å². The molecule has 22 heavy (non-hydrogen) atoms. The number of carbonyl (C=O) groups excluding carboxylic acids is 1. The van der Waals surface area contributed by atoms with Gasteiger partial charge in [0.1, 0.15) is 18.1 Å². The van der Waals surface area contributed by atoms with E-state index in [0.29, 0.717) is 0 Å². The lowest BCUT2D eigenvalue weighted by molar-refractivity contribution is -0.119. The maximum absolute atomic E-state index is 13.3. The second kappa shape index (κ2) is 7.56. The van der Waals surface area contributed by atoms with Crippen molar-refractivity contribution in [3.8, 4) is 5.75 Å². The zero-order valence-electron chi connectivity index (χ0n) is 16.9. The van der Waals surface area contributed by atoms with Crippen LogP contribution >= 0.6 is 0 Å². The molecule has 2 rings (SSSR count). The van der Waals surface area contributed by atoms with Crippen molar-refractivity contribution in [3.05, 3.63) is 65.5 Å². The van der Waals surface area contributed by atoms with Crippen LogP contribution in [-0.4, -0.2) is 11.9 Å². The summed E-state index contributed by atoms with van der Waals surface area (Å²) < 4.78 is 58.2. The van der Waals surface area contributed by atoms with Crippen LogP contribution in [0.15, 0.2) is 48.5 Å². The highest BCUT2D eigenvalue weighted by atomic mass is 19.1. The van der Waals surface area contributed by atoms with Crippen molar-refractivity contribution in [2.45, 2.75) is 26.0 Å². The molecule has 0 unspecified atom stereocenters. The van der Waals surface area contributed by atoms with Crippen molar-refractivity contribution in [1.29, 1.82) is 0 Å². The summed E-state index contributed by atoms with van der Waals surface area (Å²) >= 11 is 0. The maximum Gasteiger partial charge on any atom is 0.234 e. The van der Waals surface area contributed by atoms with Crippen molar-refractivity contribution in [2.75, 3.05) is 0 Å². The van der Waals surface area contributed by atoms with E-state index in [9.17, 15) is 9.18 Å². The van der Waals surface area contributed by atoms with E-state index in [1.54, 1.807) is 0 Å². The first kappa shape index (κ1) is 10.3. The van der Waals surface area contributed by atoms with E-state index in [4.69, 9.17) is 17.3 Å². The zero-order valence-corrected chi connectivity index (χ0v) is 11.9. The Morgan fingerprint density at radius 3 is 2.73 bits per heavy atom. The van der Waals surface area contributed by atoms with Crippen LogP contribution in [0.5, 0.6) is 5.75 Å². The van der Waals surface area contributed by atoms with Crippen molar-refractivity contribution in [2.24, 2.45) is 5.73 Å². The number of amides is 1. The van der Waals surface area contributed by atoms with Crippen molar-refractivity contribution in [1.82, 2.24) is 5.32 Å². The van der Waals surface area contributed by atoms with E-state index < -0.39 is 30.8 Å². The molecule has 0 bridgehead atoms. The minimum absolute atomic E-state index is 0.00463. The van der Waals surface area contributed by atoms with Gasteiger partial charge in [0.25, 0.3) is 0 Å². The third kappa shape index (κ3) is 4.86. The van der Waals surface area contributed by atoms with Gasteiger partial charge in [-0.3, -0.25) is 4.79 Å². The van der Waals surface area contributed by atoms with Gasteiger partial charge in [0.05, 0.1) is 10.1 Å². The molecule has 1 atom stereocenters. The van der Waals surface area contributed by atoms with E-state index in [1.807, 2.05) is 0 Å². The molecule has 2 aromatic rings. The minimum Gasteiger partial charge on any atom is -0.489 e. The van der Waals surface area contributed by atoms with Gasteiger partial charge in [0, 0.05) is 9.24 Å². The highest BCUT2D eigenvalue weighted by Gasteiger charge is 2.07. The van der Waals surface area contributed by atoms with E-state index in [2.05, 4.69) is 5.32 Å². The number of nitrogens with two attached hydrogens (primary N) is 1. The normalized spacial score (nSPS) is 18.0. The van der Waals surface area contributed by atoms with Gasteiger partial charge in [-0.2, -0.15) is 0 Å². The van der Waals surface area contributed by atoms with E-state index in [1.165, 1.54) is 42.5 Å². The van der Waals surface area contributed by atoms with Crippen LogP contribution in [0.3, 0.4) is 0 Å². The number of hydrogen-bond donors (Lipinski definition) is 2. The molecule has 2 aromatic carbocycles. The van der Waals surface area contributed by atoms with Gasteiger partial charge in [-0.15, -0.1) is 0 Å². The van der Waals surface area contributed by atoms with Crippen LogP contribution in [0.1, 0.15) is 24.9 Å². The fourth-order valence-corrected chi connectivity index (χ4v) is 1.50. The third-order valence-corrected chi connectivity index (χ3v) is 2.73. The topological polar surface area (TPSA) is 64.3 Å². The Morgan fingerprint density at radius 2 is 2.09 bits per heavy atom. The molecule has 0 aliphatic heterocycles. The molecule has 0 radical (unpaired) electrons. The first-order chi connectivity index (χ1) is 12.3. The van der Waals surface area contributed by atoms with Crippen LogP contribution in [0.25, 0.3) is 0 Å². The molecule has 1 amide bonds. The Bertz CT molecular complexity index is 828. The summed E-state index contributed by atoms with van der Waals surface area (Å²) in [7, 11) is 0. The monoisotopic (exact) mass is 307 g/mol. The number of benzene rings is 2. The lowest BCUT2D eigenvalue weighted by Crippen LogP contribution is -2.38. The third-order valence-electron chi connectivity index (χ3n) is 2.73. The number of ether oxygens (including phenoxy) is 1. The summed E-state index contributed by atoms with van der Waals surface area (Å²) in [5.74, 6) is -1.54. The number of nitrogens with one attached hydrogen (secondary N) is 1. The molecule has 0 saturated carbocycles. The minimum atomic E-state index is -2.30. The van der Waals surface area contributed by atoms with E-state index >= 15 is 0 Å². The summed E-state index contributed by atoms with van der Waals surface area (Å²) in [6.45, 7) is -3.41. The molecule has 4 nitrogen and oxygen atoms in total. The molecule has 0 fully saturated rings. The van der Waals surface area contributed by atoms with Crippen LogP contribution in [0.2, 0.25) is 0 Å². The molecule has 3 N–H and O–H groups in total. The summed E-state index contributed by atoms with van der Waals surface area (Å²) in [5, 5.41) is 2.22. The summed E-state index contributed by atoms with van der Waals surface area (Å²) in [4.78, 5) is 11.2. The van der Waals surface area contributed by atoms with Crippen molar-refractivity contribution < 1.29 is 20.8 Å². The molecule has 0 aliphatic carbocycles. The van der Waals surface area contributed by atoms with Gasteiger partial charge in [-0.25, -0.2) is 4.39 Å². The molecule has 0 aliphatic rings. The summed E-state index contributed by atoms with van der Waals surface area (Å²) in [6, 6.07) is 8.25. The van der Waals surface area contributed by atoms with Crippen LogP contribution in [0.4, 0.5) is 4.39 Å². The predicted octanol–water partition coefficient (Wildman–Crippen LogP) is 2.37. The molecule has 5 heteroatoms. The Morgan fingerprint density at radius 1 is 1.36 bits per heavy atom. The Balaban J connectivity index is 2.18. The maximum atomic E-state index is 13.3. The number of rotatable bonds is 7. The Hall–Kier alpha value is -2.40. The molecule has 116 valence electrons. The van der Waals surface area contributed by atoms with E-state index in [0.717, 1.165) is 13.0 Å². The second-order valence-electron chi connectivity index (χ2n) is 4.48. The van der Waals surface area contributed by atoms with Crippen LogP contribution in [-0.2, 0) is 17.9 Å². The van der Waals surface area contributed by atoms with Gasteiger partial charge in [0.15, 0.2) is 0 Å². The SMILES string of the molecule is [2H]C([2H])(N[C@@]([2H])(C)C(N)=O)c1ccc(OC([2H])([2H])c2cccc(F)c2)cc1. The number of primary amides is 1. The number of hydrogen-bond acceptors (Lipinski definition) is 3. The lowest BCUT2D eigenvalue weighted by atomic mass is 10.2. The van der Waals surface area contributed by atoms with Crippen LogP contribution < -0.4 is 15.8 Å². The summed E-state index contributed by atoms with van der Waals surface area (Å²) in [5.41, 5.74) is 5.15.